The highest BCUT2D eigenvalue weighted by Crippen LogP contribution is 2.46. The van der Waals surface area contributed by atoms with Crippen LogP contribution in [0.4, 0.5) is 13.2 Å². The van der Waals surface area contributed by atoms with Gasteiger partial charge in [0.25, 0.3) is 0 Å². The molecule has 1 aliphatic heterocycles. The van der Waals surface area contributed by atoms with Gasteiger partial charge in [0.15, 0.2) is 6.10 Å². The van der Waals surface area contributed by atoms with Gasteiger partial charge in [-0.25, -0.2) is 0 Å². The second-order valence-electron chi connectivity index (χ2n) is 10.2. The third-order valence-electron chi connectivity index (χ3n) is 8.35. The van der Waals surface area contributed by atoms with Gasteiger partial charge in [-0.05, 0) is 78.9 Å². The smallest absolute Gasteiger partial charge is 0.363 e. The molecule has 2 fully saturated rings. The molecule has 4 heteroatoms. The topological polar surface area (TPSA) is 9.23 Å². The molecular weight excluding hydrogens is 385 g/mol. The number of hydrogen-bond acceptors (Lipinski definition) is 1. The predicted octanol–water partition coefficient (Wildman–Crippen LogP) is 8.13. The Hall–Kier alpha value is -1.03. The van der Waals surface area contributed by atoms with E-state index in [4.69, 9.17) is 4.74 Å². The molecule has 3 aliphatic rings. The lowest BCUT2D eigenvalue weighted by Crippen LogP contribution is -2.39. The summed E-state index contributed by atoms with van der Waals surface area (Å²) in [6.45, 7) is 4.01. The Balaban J connectivity index is 1.34. The van der Waals surface area contributed by atoms with Crippen molar-refractivity contribution in [2.45, 2.75) is 109 Å². The van der Waals surface area contributed by atoms with Crippen LogP contribution >= 0.6 is 0 Å². The monoisotopic (exact) mass is 422 g/mol. The molecule has 0 aromatic heterocycles. The molecule has 2 saturated carbocycles. The molecule has 1 heterocycles. The number of alkyl halides is 3. The maximum Gasteiger partial charge on any atom is 0.415 e. The molecule has 30 heavy (non-hydrogen) atoms. The van der Waals surface area contributed by atoms with Crippen LogP contribution in [0, 0.1) is 17.8 Å². The number of rotatable bonds is 4. The van der Waals surface area contributed by atoms with E-state index in [0.29, 0.717) is 5.92 Å². The van der Waals surface area contributed by atoms with Gasteiger partial charge in [0.05, 0.1) is 6.61 Å². The van der Waals surface area contributed by atoms with Gasteiger partial charge in [-0.1, -0.05) is 57.7 Å². The molecule has 0 N–H and O–H groups in total. The van der Waals surface area contributed by atoms with Crippen molar-refractivity contribution >= 4 is 0 Å². The van der Waals surface area contributed by atoms with Gasteiger partial charge in [0.2, 0.25) is 0 Å². The minimum atomic E-state index is -4.30. The number of fused-ring (bicyclic) bond motifs is 1. The molecule has 4 rings (SSSR count). The first kappa shape index (κ1) is 22.2. The molecule has 0 radical (unpaired) electrons. The first-order chi connectivity index (χ1) is 14.4. The minimum absolute atomic E-state index is 0.0774. The Morgan fingerprint density at radius 2 is 1.57 bits per heavy atom. The lowest BCUT2D eigenvalue weighted by Gasteiger charge is -2.38. The Bertz CT molecular complexity index is 697. The molecule has 0 saturated heterocycles. The lowest BCUT2D eigenvalue weighted by atomic mass is 9.68. The van der Waals surface area contributed by atoms with Gasteiger partial charge in [-0.15, -0.1) is 0 Å². The predicted molar refractivity (Wildman–Crippen MR) is 115 cm³/mol. The van der Waals surface area contributed by atoms with E-state index >= 15 is 0 Å². The fraction of sp³-hybridized carbons (Fsp3) is 0.769. The molecule has 2 aliphatic carbocycles. The van der Waals surface area contributed by atoms with Crippen molar-refractivity contribution in [1.29, 1.82) is 0 Å². The van der Waals surface area contributed by atoms with E-state index in [9.17, 15) is 13.2 Å². The molecule has 168 valence electrons. The molecule has 1 aromatic carbocycles. The third-order valence-corrected chi connectivity index (χ3v) is 8.35. The standard InChI is InChI=1S/C26H37F3O/c1-3-4-18-5-7-19(8-6-18)20-9-11-21(12-10-20)22-13-14-24-17(2)25(26(27,28)29)30-16-23(24)15-22/h13-15,17-21,25H,3-12,16H2,1-2H3. The fourth-order valence-electron chi connectivity index (χ4n) is 6.59. The highest BCUT2D eigenvalue weighted by Gasteiger charge is 2.47. The van der Waals surface area contributed by atoms with E-state index in [0.717, 1.165) is 28.9 Å². The van der Waals surface area contributed by atoms with E-state index in [1.54, 1.807) is 6.92 Å². The lowest BCUT2D eigenvalue weighted by molar-refractivity contribution is -0.233. The van der Waals surface area contributed by atoms with E-state index in [2.05, 4.69) is 19.1 Å². The molecular formula is C26H37F3O. The average Bonchev–Trinajstić information content (AvgIpc) is 2.74. The third kappa shape index (κ3) is 4.74. The molecule has 1 nitrogen and oxygen atoms in total. The summed E-state index contributed by atoms with van der Waals surface area (Å²) < 4.78 is 44.8. The van der Waals surface area contributed by atoms with Crippen LogP contribution in [0.2, 0.25) is 0 Å². The highest BCUT2D eigenvalue weighted by molar-refractivity contribution is 5.38. The van der Waals surface area contributed by atoms with Crippen molar-refractivity contribution in [3.05, 3.63) is 34.9 Å². The van der Waals surface area contributed by atoms with Gasteiger partial charge < -0.3 is 4.74 Å². The zero-order valence-corrected chi connectivity index (χ0v) is 18.5. The summed E-state index contributed by atoms with van der Waals surface area (Å²) in [5.74, 6) is 2.70. The first-order valence-corrected chi connectivity index (χ1v) is 12.2. The summed E-state index contributed by atoms with van der Waals surface area (Å²) in [6.07, 6.45) is 7.53. The molecule has 0 spiro atoms. The van der Waals surface area contributed by atoms with Crippen molar-refractivity contribution in [2.75, 3.05) is 0 Å². The summed E-state index contributed by atoms with van der Waals surface area (Å²) in [6, 6.07) is 6.17. The molecule has 2 unspecified atom stereocenters. The first-order valence-electron chi connectivity index (χ1n) is 12.2. The quantitative estimate of drug-likeness (QED) is 0.476. The maximum absolute atomic E-state index is 13.2. The summed E-state index contributed by atoms with van der Waals surface area (Å²) in [4.78, 5) is 0. The summed E-state index contributed by atoms with van der Waals surface area (Å²) in [5.41, 5.74) is 3.07. The summed E-state index contributed by atoms with van der Waals surface area (Å²) in [7, 11) is 0. The van der Waals surface area contributed by atoms with Crippen LogP contribution in [-0.4, -0.2) is 12.3 Å². The number of benzene rings is 1. The second kappa shape index (κ2) is 9.22. The molecule has 1 aromatic rings. The number of hydrogen-bond donors (Lipinski definition) is 0. The normalized spacial score (nSPS) is 35.1. The van der Waals surface area contributed by atoms with Crippen LogP contribution in [0.25, 0.3) is 0 Å². The maximum atomic E-state index is 13.2. The summed E-state index contributed by atoms with van der Waals surface area (Å²) >= 11 is 0. The zero-order valence-electron chi connectivity index (χ0n) is 18.5. The van der Waals surface area contributed by atoms with E-state index in [1.807, 2.05) is 6.07 Å². The molecule has 2 atom stereocenters. The summed E-state index contributed by atoms with van der Waals surface area (Å²) in [5, 5.41) is 0. The molecule has 0 amide bonds. The van der Waals surface area contributed by atoms with Crippen molar-refractivity contribution in [2.24, 2.45) is 17.8 Å². The second-order valence-corrected chi connectivity index (χ2v) is 10.2. The zero-order chi connectivity index (χ0) is 21.3. The van der Waals surface area contributed by atoms with Gasteiger partial charge in [-0.2, -0.15) is 13.2 Å². The van der Waals surface area contributed by atoms with Crippen molar-refractivity contribution in [1.82, 2.24) is 0 Å². The highest BCUT2D eigenvalue weighted by atomic mass is 19.4. The van der Waals surface area contributed by atoms with Gasteiger partial charge >= 0.3 is 6.18 Å². The van der Waals surface area contributed by atoms with E-state index < -0.39 is 18.2 Å². The van der Waals surface area contributed by atoms with Crippen LogP contribution in [0.3, 0.4) is 0 Å². The van der Waals surface area contributed by atoms with Crippen LogP contribution in [0.1, 0.15) is 107 Å². The Kier molecular flexibility index (Phi) is 6.82. The minimum Gasteiger partial charge on any atom is -0.363 e. The number of halogens is 3. The van der Waals surface area contributed by atoms with Gasteiger partial charge in [0, 0.05) is 5.92 Å². The largest absolute Gasteiger partial charge is 0.415 e. The van der Waals surface area contributed by atoms with Crippen LogP contribution < -0.4 is 0 Å². The van der Waals surface area contributed by atoms with E-state index in [-0.39, 0.29) is 6.61 Å². The van der Waals surface area contributed by atoms with Crippen molar-refractivity contribution in [3.63, 3.8) is 0 Å². The van der Waals surface area contributed by atoms with Crippen LogP contribution in [-0.2, 0) is 11.3 Å². The van der Waals surface area contributed by atoms with Gasteiger partial charge in [0.1, 0.15) is 0 Å². The SMILES string of the molecule is CCCC1CCC(C2CCC(c3ccc4c(c3)COC(C(F)(F)F)C4C)CC2)CC1. The van der Waals surface area contributed by atoms with Crippen molar-refractivity contribution < 1.29 is 17.9 Å². The van der Waals surface area contributed by atoms with E-state index in [1.165, 1.54) is 69.8 Å². The molecule has 0 bridgehead atoms. The van der Waals surface area contributed by atoms with Crippen molar-refractivity contribution in [3.8, 4) is 0 Å². The Labute approximate surface area is 179 Å². The van der Waals surface area contributed by atoms with Crippen LogP contribution in [0.15, 0.2) is 18.2 Å². The Morgan fingerprint density at radius 1 is 0.933 bits per heavy atom. The number of ether oxygens (including phenoxy) is 1. The van der Waals surface area contributed by atoms with Gasteiger partial charge in [-0.3, -0.25) is 0 Å². The Morgan fingerprint density at radius 3 is 2.17 bits per heavy atom. The van der Waals surface area contributed by atoms with Crippen LogP contribution in [0.5, 0.6) is 0 Å². The fourth-order valence-corrected chi connectivity index (χ4v) is 6.59. The average molecular weight is 423 g/mol.